The Hall–Kier alpha value is -2.19. The Morgan fingerprint density at radius 2 is 0.906 bits per heavy atom. The normalized spacial score (nSPS) is 22.3. The Bertz CT molecular complexity index is 1780. The van der Waals surface area contributed by atoms with E-state index in [9.17, 15) is 0 Å². The Labute approximate surface area is 338 Å². The van der Waals surface area contributed by atoms with Gasteiger partial charge in [-0.05, 0) is 0 Å². The maximum Gasteiger partial charge on any atom is -1.00 e. The van der Waals surface area contributed by atoms with Crippen LogP contribution in [-0.4, -0.2) is 0 Å². The van der Waals surface area contributed by atoms with E-state index >= 15 is 0 Å². The quantitative estimate of drug-likeness (QED) is 0.111. The van der Waals surface area contributed by atoms with Crippen LogP contribution in [0.15, 0.2) is 96.1 Å². The maximum atomic E-state index is 2.76. The number of allylic oxidation sites excluding steroid dienone is 2. The van der Waals surface area contributed by atoms with Crippen LogP contribution in [0.25, 0.3) is 34.4 Å². The first-order valence-electron chi connectivity index (χ1n) is 21.0. The maximum absolute atomic E-state index is 3.26. The molecule has 1 saturated heterocycles. The van der Waals surface area contributed by atoms with Crippen LogP contribution in [0.5, 0.6) is 0 Å². The number of benzene rings is 4. The van der Waals surface area contributed by atoms with Gasteiger partial charge < -0.3 is 24.8 Å². The molecule has 4 aliphatic rings. The van der Waals surface area contributed by atoms with Gasteiger partial charge in [0, 0.05) is 0 Å². The van der Waals surface area contributed by atoms with Crippen LogP contribution in [0.3, 0.4) is 0 Å². The van der Waals surface area contributed by atoms with Gasteiger partial charge in [0.2, 0.25) is 0 Å². The van der Waals surface area contributed by atoms with Crippen LogP contribution in [0, 0.1) is 0 Å². The first kappa shape index (κ1) is 40.5. The molecule has 0 amide bonds. The molecule has 0 N–H and O–H groups in total. The molecule has 0 spiro atoms. The van der Waals surface area contributed by atoms with Gasteiger partial charge in [0.15, 0.2) is 0 Å². The van der Waals surface area contributed by atoms with Gasteiger partial charge in [-0.15, -0.1) is 0 Å². The molecule has 8 rings (SSSR count). The summed E-state index contributed by atoms with van der Waals surface area (Å²) in [5.74, 6) is 0. The molecule has 4 aromatic rings. The van der Waals surface area contributed by atoms with Crippen molar-refractivity contribution in [2.24, 2.45) is 0 Å². The van der Waals surface area contributed by atoms with Gasteiger partial charge in [0.05, 0.1) is 0 Å². The molecular formula is C50H60Cl2Hf. The monoisotopic (exact) mass is 910 g/mol. The standard InChI is InChI=1S/2C22H25.C6H10.2ClH.Hf/c2*1-3-5-8-18-15-20-9-6-10-21(22(20)16-18)19-13-11-17(7-4-2)12-14-19;1-2-4-6-5-3-1;;;/h2*6,9-16H,3-5,7-8H2,1-2H3;1-2H,3-6H2;2*1H;/q;;;;;+2/p-2. The molecule has 278 valence electrons. The smallest absolute Gasteiger partial charge is 1.00 e. The summed E-state index contributed by atoms with van der Waals surface area (Å²) in [4.78, 5) is 0. The summed E-state index contributed by atoms with van der Waals surface area (Å²) in [7, 11) is 0. The third kappa shape index (κ3) is 7.31. The Morgan fingerprint density at radius 3 is 1.28 bits per heavy atom. The average molecular weight is 910 g/mol. The average Bonchev–Trinajstić information content (AvgIpc) is 3.43. The molecule has 3 heteroatoms. The number of rotatable bonds is 14. The number of aryl methyl sites for hydroxylation is 2. The zero-order valence-electron chi connectivity index (χ0n) is 32.7. The van der Waals surface area contributed by atoms with Gasteiger partial charge in [-0.25, -0.2) is 0 Å². The summed E-state index contributed by atoms with van der Waals surface area (Å²) in [5.41, 5.74) is 19.0. The Kier molecular flexibility index (Phi) is 13.5. The van der Waals surface area contributed by atoms with E-state index in [4.69, 9.17) is 0 Å². The van der Waals surface area contributed by atoms with Crippen molar-refractivity contribution in [3.05, 3.63) is 129 Å². The van der Waals surface area contributed by atoms with E-state index in [1.165, 1.54) is 123 Å². The predicted molar refractivity (Wildman–Crippen MR) is 218 cm³/mol. The largest absolute Gasteiger partial charge is 1.00 e. The fraction of sp³-hybridized carbons (Fsp3) is 0.440. The third-order valence-corrected chi connectivity index (χ3v) is 38.4. The first-order chi connectivity index (χ1) is 25.1. The van der Waals surface area contributed by atoms with E-state index in [2.05, 4.69) is 125 Å². The molecule has 4 unspecified atom stereocenters. The summed E-state index contributed by atoms with van der Waals surface area (Å²) in [6.45, 7) is 9.37. The minimum Gasteiger partial charge on any atom is -1.00 e. The van der Waals surface area contributed by atoms with E-state index in [0.717, 1.165) is 14.7 Å². The Balaban J connectivity index is 0.00000240. The van der Waals surface area contributed by atoms with Crippen molar-refractivity contribution in [1.29, 1.82) is 0 Å². The van der Waals surface area contributed by atoms with Gasteiger partial charge >= 0.3 is 316 Å². The minimum atomic E-state index is -3.26. The Morgan fingerprint density at radius 1 is 0.491 bits per heavy atom. The van der Waals surface area contributed by atoms with E-state index in [1.807, 2.05) is 11.1 Å². The summed E-state index contributed by atoms with van der Waals surface area (Å²) in [5, 5.41) is 0. The van der Waals surface area contributed by atoms with Crippen molar-refractivity contribution in [2.75, 3.05) is 0 Å². The van der Waals surface area contributed by atoms with E-state index in [1.54, 1.807) is 22.3 Å². The molecule has 4 aromatic carbocycles. The summed E-state index contributed by atoms with van der Waals surface area (Å²) < 4.78 is 3.51. The zero-order chi connectivity index (χ0) is 35.0. The second-order valence-electron chi connectivity index (χ2n) is 16.5. The van der Waals surface area contributed by atoms with Crippen molar-refractivity contribution in [1.82, 2.24) is 0 Å². The number of halogens is 2. The summed E-state index contributed by atoms with van der Waals surface area (Å²) >= 11 is -3.26. The fourth-order valence-corrected chi connectivity index (χ4v) is 46.7. The second kappa shape index (κ2) is 17.7. The number of unbranched alkanes of at least 4 members (excludes halogenated alkanes) is 2. The van der Waals surface area contributed by atoms with Gasteiger partial charge in [0.25, 0.3) is 0 Å². The third-order valence-electron chi connectivity index (χ3n) is 13.5. The van der Waals surface area contributed by atoms with Crippen molar-refractivity contribution in [2.45, 2.75) is 132 Å². The van der Waals surface area contributed by atoms with Gasteiger partial charge in [-0.3, -0.25) is 0 Å². The van der Waals surface area contributed by atoms with E-state index < -0.39 is 20.0 Å². The molecule has 1 heterocycles. The van der Waals surface area contributed by atoms with Crippen molar-refractivity contribution < 1.29 is 44.8 Å². The molecule has 2 fully saturated rings. The topological polar surface area (TPSA) is 0 Å². The summed E-state index contributed by atoms with van der Waals surface area (Å²) in [6, 6.07) is 34.2. The van der Waals surface area contributed by atoms with Crippen LogP contribution in [0.4, 0.5) is 0 Å². The molecule has 4 atom stereocenters. The minimum absolute atomic E-state index is 0. The molecule has 3 aliphatic carbocycles. The fourth-order valence-electron chi connectivity index (χ4n) is 11.3. The first-order valence-corrected chi connectivity index (χ1v) is 29.3. The van der Waals surface area contributed by atoms with Gasteiger partial charge in [-0.1, -0.05) is 0 Å². The molecule has 1 aliphatic heterocycles. The van der Waals surface area contributed by atoms with E-state index in [-0.39, 0.29) is 24.8 Å². The van der Waals surface area contributed by atoms with Crippen molar-refractivity contribution in [3.63, 3.8) is 0 Å². The van der Waals surface area contributed by atoms with Crippen LogP contribution in [-0.2, 0) is 32.8 Å². The molecule has 53 heavy (non-hydrogen) atoms. The predicted octanol–water partition coefficient (Wildman–Crippen LogP) is 9.21. The molecule has 0 aromatic heterocycles. The van der Waals surface area contributed by atoms with Gasteiger partial charge in [-0.2, -0.15) is 0 Å². The number of hydrogen-bond acceptors (Lipinski definition) is 0. The van der Waals surface area contributed by atoms with E-state index in [0.29, 0.717) is 0 Å². The van der Waals surface area contributed by atoms with Crippen LogP contribution >= 0.6 is 0 Å². The van der Waals surface area contributed by atoms with Gasteiger partial charge in [0.1, 0.15) is 0 Å². The number of hydrogen-bond donors (Lipinski definition) is 0. The number of fused-ring (bicyclic) bond motifs is 3. The molecule has 0 nitrogen and oxygen atoms in total. The molecule has 1 saturated carbocycles. The van der Waals surface area contributed by atoms with Crippen LogP contribution < -0.4 is 24.8 Å². The SMILES string of the molecule is CCCCC1=Cc2c(-c3ccc(CCC)cc3)cccc2[CH]1[Hf+2]1([CH]2C(CCCC)=Cc3c(-c4ccc(CCC)cc4)cccc32)[CH]2CCCC[CH]21.[Cl-].[Cl-]. The summed E-state index contributed by atoms with van der Waals surface area (Å²) in [6.07, 6.45) is 23.9. The van der Waals surface area contributed by atoms with Crippen molar-refractivity contribution in [3.8, 4) is 22.3 Å². The molecule has 0 bridgehead atoms. The van der Waals surface area contributed by atoms with Crippen molar-refractivity contribution >= 4 is 12.2 Å². The zero-order valence-corrected chi connectivity index (χ0v) is 37.8. The molecular weight excluding hydrogens is 850 g/mol. The van der Waals surface area contributed by atoms with Crippen LogP contribution in [0.2, 0.25) is 7.35 Å². The molecule has 0 radical (unpaired) electrons. The second-order valence-corrected chi connectivity index (χ2v) is 33.2. The van der Waals surface area contributed by atoms with Crippen LogP contribution in [0.1, 0.15) is 145 Å².